The Morgan fingerprint density at radius 2 is 1.63 bits per heavy atom. The number of halogens is 4. The molecule has 0 saturated carbocycles. The number of nitrogens with one attached hydrogen (secondary N) is 3. The molecule has 0 saturated heterocycles. The molecule has 0 spiro atoms. The highest BCUT2D eigenvalue weighted by Gasteiger charge is 2.30. The van der Waals surface area contributed by atoms with E-state index in [-0.39, 0.29) is 62.1 Å². The van der Waals surface area contributed by atoms with Crippen LogP contribution in [0.2, 0.25) is 0 Å². The van der Waals surface area contributed by atoms with Crippen LogP contribution in [0.5, 0.6) is 0 Å². The van der Waals surface area contributed by atoms with Crippen LogP contribution in [0.3, 0.4) is 0 Å². The Balaban J connectivity index is 0.00000882. The molecule has 0 aliphatic carbocycles. The van der Waals surface area contributed by atoms with Gasteiger partial charge in [0.15, 0.2) is 9.84 Å². The van der Waals surface area contributed by atoms with Crippen molar-refractivity contribution in [1.29, 1.82) is 0 Å². The zero-order chi connectivity index (χ0) is 30.4. The Morgan fingerprint density at radius 1 is 0.977 bits per heavy atom. The Morgan fingerprint density at radius 3 is 2.23 bits per heavy atom. The molecule has 244 valence electrons. The molecular formula is C29H44Cl2F2N4O5S. The number of carbonyl (C=O) groups excluding carboxylic acids is 2. The minimum Gasteiger partial charge on any atom is -0.390 e. The summed E-state index contributed by atoms with van der Waals surface area (Å²) in [6.45, 7) is 4.31. The summed E-state index contributed by atoms with van der Waals surface area (Å²) in [7, 11) is -3.71. The van der Waals surface area contributed by atoms with Gasteiger partial charge in [-0.05, 0) is 48.1 Å². The van der Waals surface area contributed by atoms with Crippen LogP contribution in [0.1, 0.15) is 49.8 Å². The monoisotopic (exact) mass is 668 g/mol. The lowest BCUT2D eigenvalue weighted by Crippen LogP contribution is -2.56. The van der Waals surface area contributed by atoms with Crippen LogP contribution in [0, 0.1) is 11.6 Å². The van der Waals surface area contributed by atoms with Gasteiger partial charge in [0.05, 0.1) is 23.7 Å². The van der Waals surface area contributed by atoms with Gasteiger partial charge >= 0.3 is 0 Å². The van der Waals surface area contributed by atoms with E-state index in [0.29, 0.717) is 25.5 Å². The van der Waals surface area contributed by atoms with Crippen molar-refractivity contribution in [1.82, 2.24) is 16.0 Å². The zero-order valence-corrected chi connectivity index (χ0v) is 26.9. The number of amides is 2. The van der Waals surface area contributed by atoms with Crippen molar-refractivity contribution in [3.05, 3.63) is 70.8 Å². The molecular weight excluding hydrogens is 625 g/mol. The van der Waals surface area contributed by atoms with Crippen molar-refractivity contribution in [3.63, 3.8) is 0 Å². The minimum atomic E-state index is -3.71. The standard InChI is InChI=1S/C29H42F2N4O5S.2ClH/c1-3-5-11-41(39,40)19-26(34-28(37)9-10-32)29(38)35-25(15-22-13-23(30)16-24(31)14-22)27(36)18-33-17-21-8-6-7-20(4-2)12-21;;/h6-8,12-14,16,25-27,33,36H,3-5,9-11,15,17-19,32H2,1-2H3,(H,34,37)(H,35,38);2*1H/t25-,26+,27+;;/m0../s1. The lowest BCUT2D eigenvalue weighted by molar-refractivity contribution is -0.129. The van der Waals surface area contributed by atoms with Crippen LogP contribution < -0.4 is 21.7 Å². The topological polar surface area (TPSA) is 151 Å². The molecule has 0 bridgehead atoms. The van der Waals surface area contributed by atoms with E-state index in [9.17, 15) is 31.9 Å². The van der Waals surface area contributed by atoms with Crippen molar-refractivity contribution in [2.75, 3.05) is 24.6 Å². The summed E-state index contributed by atoms with van der Waals surface area (Å²) >= 11 is 0. The second-order valence-electron chi connectivity index (χ2n) is 10.1. The summed E-state index contributed by atoms with van der Waals surface area (Å²) in [5, 5.41) is 19.2. The van der Waals surface area contributed by atoms with E-state index in [0.717, 1.165) is 29.7 Å². The average Bonchev–Trinajstić information content (AvgIpc) is 2.90. The molecule has 2 aromatic rings. The van der Waals surface area contributed by atoms with Gasteiger partial charge in [-0.3, -0.25) is 9.59 Å². The average molecular weight is 670 g/mol. The third kappa shape index (κ3) is 15.3. The van der Waals surface area contributed by atoms with Gasteiger partial charge < -0.3 is 26.8 Å². The molecule has 2 rings (SSSR count). The molecule has 0 aliphatic rings. The summed E-state index contributed by atoms with van der Waals surface area (Å²) in [6, 6.07) is 8.29. The Kier molecular flexibility index (Phi) is 19.5. The first-order valence-electron chi connectivity index (χ1n) is 13.9. The van der Waals surface area contributed by atoms with Gasteiger partial charge in [-0.2, -0.15) is 0 Å². The second kappa shape index (κ2) is 20.6. The fourth-order valence-corrected chi connectivity index (χ4v) is 5.94. The molecule has 2 amide bonds. The third-order valence-corrected chi connectivity index (χ3v) is 8.26. The summed E-state index contributed by atoms with van der Waals surface area (Å²) in [6.07, 6.45) is 0.399. The van der Waals surface area contributed by atoms with Crippen molar-refractivity contribution >= 4 is 46.5 Å². The van der Waals surface area contributed by atoms with Crippen molar-refractivity contribution in [2.45, 2.75) is 70.7 Å². The van der Waals surface area contributed by atoms with Crippen LogP contribution in [0.25, 0.3) is 0 Å². The number of aryl methyl sites for hydroxylation is 1. The number of sulfone groups is 1. The molecule has 0 radical (unpaired) electrons. The van der Waals surface area contributed by atoms with Gasteiger partial charge in [0.2, 0.25) is 11.8 Å². The van der Waals surface area contributed by atoms with Crippen LogP contribution in [-0.2, 0) is 38.8 Å². The van der Waals surface area contributed by atoms with Gasteiger partial charge in [0.25, 0.3) is 0 Å². The number of hydrogen-bond donors (Lipinski definition) is 5. The molecule has 14 heteroatoms. The summed E-state index contributed by atoms with van der Waals surface area (Å²) in [5.41, 5.74) is 7.75. The minimum absolute atomic E-state index is 0. The lowest BCUT2D eigenvalue weighted by atomic mass is 10.00. The largest absolute Gasteiger partial charge is 0.390 e. The van der Waals surface area contributed by atoms with Crippen LogP contribution in [0.15, 0.2) is 42.5 Å². The maximum atomic E-state index is 13.9. The number of aliphatic hydroxyl groups excluding tert-OH is 1. The zero-order valence-electron chi connectivity index (χ0n) is 24.5. The summed E-state index contributed by atoms with van der Waals surface area (Å²) in [4.78, 5) is 25.6. The predicted octanol–water partition coefficient (Wildman–Crippen LogP) is 2.60. The Labute approximate surface area is 265 Å². The third-order valence-electron chi connectivity index (χ3n) is 6.50. The lowest BCUT2D eigenvalue weighted by Gasteiger charge is -2.27. The molecule has 3 atom stereocenters. The second-order valence-corrected chi connectivity index (χ2v) is 12.3. The normalized spacial score (nSPS) is 13.2. The van der Waals surface area contributed by atoms with E-state index in [4.69, 9.17) is 5.73 Å². The van der Waals surface area contributed by atoms with Gasteiger partial charge in [0, 0.05) is 32.1 Å². The molecule has 0 aliphatic heterocycles. The van der Waals surface area contributed by atoms with Crippen LogP contribution >= 0.6 is 24.8 Å². The highest BCUT2D eigenvalue weighted by Crippen LogP contribution is 2.13. The molecule has 2 aromatic carbocycles. The van der Waals surface area contributed by atoms with E-state index in [1.54, 1.807) is 0 Å². The van der Waals surface area contributed by atoms with E-state index in [2.05, 4.69) is 16.0 Å². The summed E-state index contributed by atoms with van der Waals surface area (Å²) in [5.74, 6) is -3.87. The van der Waals surface area contributed by atoms with E-state index < -0.39 is 57.2 Å². The maximum absolute atomic E-state index is 13.9. The number of unbranched alkanes of at least 4 members (excludes halogenated alkanes) is 1. The van der Waals surface area contributed by atoms with Crippen molar-refractivity contribution in [2.24, 2.45) is 5.73 Å². The highest BCUT2D eigenvalue weighted by atomic mass is 35.5. The van der Waals surface area contributed by atoms with Gasteiger partial charge in [-0.25, -0.2) is 17.2 Å². The SMILES string of the molecule is CCCCS(=O)(=O)C[C@@H](NC(=O)CCN)C(=O)N[C@@H](Cc1cc(F)cc(F)c1)[C@H](O)CNCc1cccc(CC)c1.Cl.Cl. The molecule has 9 nitrogen and oxygen atoms in total. The first kappa shape index (κ1) is 40.6. The Hall–Kier alpha value is -2.35. The molecule has 0 unspecified atom stereocenters. The molecule has 0 heterocycles. The number of nitrogens with two attached hydrogens (primary N) is 1. The van der Waals surface area contributed by atoms with E-state index >= 15 is 0 Å². The fourth-order valence-electron chi connectivity index (χ4n) is 4.30. The van der Waals surface area contributed by atoms with Crippen LogP contribution in [-0.4, -0.2) is 68.1 Å². The first-order valence-corrected chi connectivity index (χ1v) is 15.7. The molecule has 0 aromatic heterocycles. The fraction of sp³-hybridized carbons (Fsp3) is 0.517. The van der Waals surface area contributed by atoms with Crippen LogP contribution in [0.4, 0.5) is 8.78 Å². The van der Waals surface area contributed by atoms with Crippen molar-refractivity contribution < 1.29 is 31.9 Å². The number of hydrogen-bond acceptors (Lipinski definition) is 7. The molecule has 6 N–H and O–H groups in total. The van der Waals surface area contributed by atoms with Gasteiger partial charge in [0.1, 0.15) is 17.7 Å². The smallest absolute Gasteiger partial charge is 0.243 e. The highest BCUT2D eigenvalue weighted by molar-refractivity contribution is 7.91. The molecule has 43 heavy (non-hydrogen) atoms. The number of aliphatic hydroxyl groups is 1. The van der Waals surface area contributed by atoms with Gasteiger partial charge in [-0.1, -0.05) is 44.5 Å². The number of carbonyl (C=O) groups is 2. The Bertz CT molecular complexity index is 1240. The van der Waals surface area contributed by atoms with Gasteiger partial charge in [-0.15, -0.1) is 24.8 Å². The first-order chi connectivity index (χ1) is 19.5. The number of benzene rings is 2. The van der Waals surface area contributed by atoms with E-state index in [1.807, 2.05) is 38.1 Å². The predicted molar refractivity (Wildman–Crippen MR) is 169 cm³/mol. The van der Waals surface area contributed by atoms with Crippen molar-refractivity contribution in [3.8, 4) is 0 Å². The van der Waals surface area contributed by atoms with E-state index in [1.165, 1.54) is 0 Å². The quantitative estimate of drug-likeness (QED) is 0.164. The molecule has 0 fully saturated rings. The number of rotatable bonds is 18. The summed E-state index contributed by atoms with van der Waals surface area (Å²) < 4.78 is 53.1. The maximum Gasteiger partial charge on any atom is 0.243 e.